The quantitative estimate of drug-likeness (QED) is 0.401. The Labute approximate surface area is 83.3 Å². The molecule has 0 spiro atoms. The van der Waals surface area contributed by atoms with E-state index in [0.717, 1.165) is 0 Å². The molecule has 13 heavy (non-hydrogen) atoms. The fraction of sp³-hybridized carbons (Fsp3) is 1.00. The molecule has 0 saturated heterocycles. The van der Waals surface area contributed by atoms with Crippen LogP contribution in [0.1, 0.15) is 27.7 Å². The van der Waals surface area contributed by atoms with Crippen molar-refractivity contribution in [1.29, 1.82) is 0 Å². The summed E-state index contributed by atoms with van der Waals surface area (Å²) in [5.74, 6) is 0. The molecule has 0 unspecified atom stereocenters. The van der Waals surface area contributed by atoms with Gasteiger partial charge in [-0.25, -0.2) is 0 Å². The molecule has 80 valence electrons. The van der Waals surface area contributed by atoms with E-state index in [2.05, 4.69) is 43.0 Å². The molecule has 0 aromatic carbocycles. The molecule has 0 atom stereocenters. The van der Waals surface area contributed by atoms with Gasteiger partial charge >= 0.3 is 9.36 Å². The van der Waals surface area contributed by atoms with Crippen LogP contribution < -0.4 is 15.3 Å². The Morgan fingerprint density at radius 1 is 1.08 bits per heavy atom. The molecule has 0 aromatic rings. The Bertz CT molecular complexity index is 112. The molecule has 0 aliphatic carbocycles. The van der Waals surface area contributed by atoms with Crippen molar-refractivity contribution in [2.24, 2.45) is 0 Å². The summed E-state index contributed by atoms with van der Waals surface area (Å²) in [5.41, 5.74) is 0. The first kappa shape index (κ1) is 13.1. The van der Waals surface area contributed by atoms with E-state index >= 15 is 0 Å². The summed E-state index contributed by atoms with van der Waals surface area (Å²) in [6.07, 6.45) is 0. The molecule has 0 rings (SSSR count). The van der Waals surface area contributed by atoms with E-state index in [1.54, 1.807) is 0 Å². The molecule has 5 heteroatoms. The van der Waals surface area contributed by atoms with E-state index in [1.807, 2.05) is 7.05 Å². The van der Waals surface area contributed by atoms with Crippen LogP contribution >= 0.6 is 0 Å². The van der Waals surface area contributed by atoms with Gasteiger partial charge in [-0.05, 0) is 19.1 Å². The van der Waals surface area contributed by atoms with Crippen molar-refractivity contribution in [1.82, 2.24) is 15.3 Å². The van der Waals surface area contributed by atoms with Gasteiger partial charge in [0.25, 0.3) is 0 Å². The normalized spacial score (nSPS) is 12.0. The van der Waals surface area contributed by atoms with Crippen LogP contribution in [0.15, 0.2) is 0 Å². The zero-order chi connectivity index (χ0) is 10.3. The van der Waals surface area contributed by atoms with Gasteiger partial charge in [-0.3, -0.25) is 5.32 Å². The highest BCUT2D eigenvalue weighted by Crippen LogP contribution is 1.85. The van der Waals surface area contributed by atoms with Gasteiger partial charge in [0.2, 0.25) is 0 Å². The Kier molecular flexibility index (Phi) is 7.49. The minimum atomic E-state index is -1.43. The number of rotatable bonds is 7. The Hall–Kier alpha value is 0.0569. The highest BCUT2D eigenvalue weighted by molar-refractivity contribution is 6.46. The first-order chi connectivity index (χ1) is 6.06. The third-order valence-electron chi connectivity index (χ3n) is 1.36. The topological polar surface area (TPSA) is 45.3 Å². The smallest absolute Gasteiger partial charge is 0.336 e. The molecule has 3 N–H and O–H groups in total. The molecule has 0 bridgehead atoms. The maximum atomic E-state index is 5.62. The van der Waals surface area contributed by atoms with Crippen LogP contribution in [0.3, 0.4) is 0 Å². The summed E-state index contributed by atoms with van der Waals surface area (Å²) in [5, 5.41) is 2.98. The van der Waals surface area contributed by atoms with Crippen molar-refractivity contribution in [3.8, 4) is 0 Å². The third kappa shape index (κ3) is 8.39. The van der Waals surface area contributed by atoms with Crippen molar-refractivity contribution in [2.75, 3.05) is 13.8 Å². The molecule has 0 saturated carbocycles. The van der Waals surface area contributed by atoms with Crippen LogP contribution in [0, 0.1) is 0 Å². The van der Waals surface area contributed by atoms with Crippen LogP contribution in [0.5, 0.6) is 0 Å². The number of nitrogens with one attached hydrogen (secondary N) is 3. The van der Waals surface area contributed by atoms with Gasteiger partial charge in [-0.15, -0.1) is 0 Å². The molecule has 0 amide bonds. The van der Waals surface area contributed by atoms with Gasteiger partial charge in [0.05, 0.1) is 6.73 Å². The fourth-order valence-electron chi connectivity index (χ4n) is 0.917. The van der Waals surface area contributed by atoms with Crippen molar-refractivity contribution < 1.29 is 4.43 Å². The predicted octanol–water partition coefficient (Wildman–Crippen LogP) is -0.107. The minimum absolute atomic E-state index is 0.472. The summed E-state index contributed by atoms with van der Waals surface area (Å²) in [6.45, 7) is 9.13. The first-order valence-corrected chi connectivity index (χ1v) is 6.47. The third-order valence-corrected chi connectivity index (χ3v) is 3.80. The molecular formula is C8H23N3OSi. The molecule has 4 nitrogen and oxygen atoms in total. The first-order valence-electron chi connectivity index (χ1n) is 4.84. The Morgan fingerprint density at radius 2 is 1.54 bits per heavy atom. The second kappa shape index (κ2) is 7.46. The second-order valence-electron chi connectivity index (χ2n) is 3.69. The lowest BCUT2D eigenvalue weighted by Crippen LogP contribution is -2.55. The minimum Gasteiger partial charge on any atom is -0.381 e. The standard InChI is InChI=1S/C8H23N3OSi/c1-7(2)10-13(11-8(3)4)12-6-9-5/h7-11,13H,6H2,1-5H3. The summed E-state index contributed by atoms with van der Waals surface area (Å²) < 4.78 is 5.62. The van der Waals surface area contributed by atoms with Gasteiger partial charge in [0, 0.05) is 0 Å². The summed E-state index contributed by atoms with van der Waals surface area (Å²) in [4.78, 5) is 6.82. The monoisotopic (exact) mass is 205 g/mol. The van der Waals surface area contributed by atoms with Crippen molar-refractivity contribution >= 4 is 9.36 Å². The van der Waals surface area contributed by atoms with Crippen molar-refractivity contribution in [2.45, 2.75) is 39.8 Å². The number of hydrogen-bond donors (Lipinski definition) is 3. The predicted molar refractivity (Wildman–Crippen MR) is 58.7 cm³/mol. The fourth-order valence-corrected chi connectivity index (χ4v) is 2.75. The zero-order valence-electron chi connectivity index (χ0n) is 9.35. The van der Waals surface area contributed by atoms with Gasteiger partial charge in [0.15, 0.2) is 0 Å². The van der Waals surface area contributed by atoms with E-state index in [1.165, 1.54) is 0 Å². The Morgan fingerprint density at radius 3 is 1.85 bits per heavy atom. The number of hydrogen-bond acceptors (Lipinski definition) is 4. The highest BCUT2D eigenvalue weighted by atomic mass is 28.3. The second-order valence-corrected chi connectivity index (χ2v) is 5.45. The van der Waals surface area contributed by atoms with E-state index in [4.69, 9.17) is 4.43 Å². The molecule has 0 radical (unpaired) electrons. The molecule has 0 aliphatic rings. The Balaban J connectivity index is 3.73. The lowest BCUT2D eigenvalue weighted by Gasteiger charge is -2.22. The maximum absolute atomic E-state index is 5.62. The molecule has 0 heterocycles. The van der Waals surface area contributed by atoms with Gasteiger partial charge in [-0.2, -0.15) is 0 Å². The van der Waals surface area contributed by atoms with Crippen molar-refractivity contribution in [3.05, 3.63) is 0 Å². The van der Waals surface area contributed by atoms with Crippen LogP contribution in [0.2, 0.25) is 0 Å². The van der Waals surface area contributed by atoms with Gasteiger partial charge in [-0.1, -0.05) is 27.7 Å². The molecule has 0 aromatic heterocycles. The summed E-state index contributed by atoms with van der Waals surface area (Å²) in [7, 11) is 0.455. The largest absolute Gasteiger partial charge is 0.381 e. The van der Waals surface area contributed by atoms with E-state index in [9.17, 15) is 0 Å². The average Bonchev–Trinajstić information content (AvgIpc) is 1.98. The zero-order valence-corrected chi connectivity index (χ0v) is 10.5. The van der Waals surface area contributed by atoms with E-state index < -0.39 is 9.36 Å². The average molecular weight is 205 g/mol. The lowest BCUT2D eigenvalue weighted by atomic mass is 10.4. The van der Waals surface area contributed by atoms with Crippen LogP contribution in [0.25, 0.3) is 0 Å². The maximum Gasteiger partial charge on any atom is 0.336 e. The summed E-state index contributed by atoms with van der Waals surface area (Å²) >= 11 is 0. The lowest BCUT2D eigenvalue weighted by molar-refractivity contribution is 0.276. The van der Waals surface area contributed by atoms with Crippen molar-refractivity contribution in [3.63, 3.8) is 0 Å². The van der Waals surface area contributed by atoms with Crippen LogP contribution in [0.4, 0.5) is 0 Å². The van der Waals surface area contributed by atoms with Crippen LogP contribution in [-0.4, -0.2) is 35.2 Å². The van der Waals surface area contributed by atoms with Crippen LogP contribution in [-0.2, 0) is 4.43 Å². The SMILES string of the molecule is CNCO[SiH](NC(C)C)NC(C)C. The highest BCUT2D eigenvalue weighted by Gasteiger charge is 2.13. The molecule has 0 aliphatic heterocycles. The van der Waals surface area contributed by atoms with E-state index in [0.29, 0.717) is 18.8 Å². The molecular weight excluding hydrogens is 182 g/mol. The van der Waals surface area contributed by atoms with E-state index in [-0.39, 0.29) is 0 Å². The molecule has 0 fully saturated rings. The summed E-state index contributed by atoms with van der Waals surface area (Å²) in [6, 6.07) is 0.944. The van der Waals surface area contributed by atoms with Gasteiger partial charge in [0.1, 0.15) is 0 Å². The van der Waals surface area contributed by atoms with Gasteiger partial charge < -0.3 is 14.4 Å².